The Balaban J connectivity index is 3.17. The molecule has 0 heterocycles. The fourth-order valence-corrected chi connectivity index (χ4v) is 1.81. The summed E-state index contributed by atoms with van der Waals surface area (Å²) >= 11 is 0. The number of anilines is 1. The van der Waals surface area contributed by atoms with Gasteiger partial charge in [-0.2, -0.15) is 0 Å². The zero-order chi connectivity index (χ0) is 16.9. The number of rotatable bonds is 5. The fourth-order valence-electron chi connectivity index (χ4n) is 1.81. The van der Waals surface area contributed by atoms with Crippen molar-refractivity contribution in [3.8, 4) is 11.5 Å². The van der Waals surface area contributed by atoms with Gasteiger partial charge in [0.1, 0.15) is 5.60 Å². The second-order valence-electron chi connectivity index (χ2n) is 5.72. The van der Waals surface area contributed by atoms with E-state index >= 15 is 0 Å². The van der Waals surface area contributed by atoms with Crippen molar-refractivity contribution >= 4 is 11.8 Å². The van der Waals surface area contributed by atoms with Crippen molar-refractivity contribution < 1.29 is 24.1 Å². The molecule has 0 aliphatic carbocycles. The lowest BCUT2D eigenvalue weighted by atomic mass is 10.1. The van der Waals surface area contributed by atoms with E-state index in [1.54, 1.807) is 32.9 Å². The molecule has 0 radical (unpaired) electrons. The molecule has 0 fully saturated rings. The summed E-state index contributed by atoms with van der Waals surface area (Å²) in [5.41, 5.74) is 6.16. The summed E-state index contributed by atoms with van der Waals surface area (Å²) in [6.45, 7) is 5.06. The number of methoxy groups -OCH3 is 2. The van der Waals surface area contributed by atoms with Crippen LogP contribution in [0.15, 0.2) is 12.1 Å². The molecule has 0 saturated heterocycles. The van der Waals surface area contributed by atoms with Gasteiger partial charge in [-0.25, -0.2) is 4.79 Å². The van der Waals surface area contributed by atoms with Crippen LogP contribution in [-0.2, 0) is 4.74 Å². The lowest BCUT2D eigenvalue weighted by Gasteiger charge is -2.21. The van der Waals surface area contributed by atoms with E-state index in [9.17, 15) is 9.90 Å². The molecule has 1 aromatic rings. The zero-order valence-electron chi connectivity index (χ0n) is 13.6. The van der Waals surface area contributed by atoms with Crippen LogP contribution in [0.5, 0.6) is 11.5 Å². The van der Waals surface area contributed by atoms with Crippen LogP contribution in [0, 0.1) is 0 Å². The predicted molar refractivity (Wildman–Crippen MR) is 83.4 cm³/mol. The summed E-state index contributed by atoms with van der Waals surface area (Å²) in [4.78, 5) is 11.9. The minimum atomic E-state index is -0.624. The molecule has 0 spiro atoms. The summed E-state index contributed by atoms with van der Waals surface area (Å²) in [6, 6.07) is 2.67. The Morgan fingerprint density at radius 2 is 1.95 bits per heavy atom. The van der Waals surface area contributed by atoms with Crippen LogP contribution in [0.3, 0.4) is 0 Å². The number of amides is 1. The number of carbonyl (C=O) groups excluding carboxylic acids is 1. The third-order valence-corrected chi connectivity index (χ3v) is 2.76. The minimum Gasteiger partial charge on any atom is -0.493 e. The van der Waals surface area contributed by atoms with Gasteiger partial charge in [0, 0.05) is 0 Å². The number of hydrogen-bond donors (Lipinski definition) is 3. The third kappa shape index (κ3) is 4.78. The van der Waals surface area contributed by atoms with Crippen molar-refractivity contribution in [2.45, 2.75) is 32.4 Å². The first-order valence-corrected chi connectivity index (χ1v) is 6.84. The number of carbonyl (C=O) groups is 1. The van der Waals surface area contributed by atoms with E-state index in [1.165, 1.54) is 14.2 Å². The van der Waals surface area contributed by atoms with Crippen LogP contribution < -0.4 is 20.5 Å². The molecule has 7 heteroatoms. The SMILES string of the molecule is COc1cc(C(N)CO)cc(NC(=O)OC(C)(C)C)c1OC. The maximum Gasteiger partial charge on any atom is 0.412 e. The van der Waals surface area contributed by atoms with Gasteiger partial charge in [-0.05, 0) is 38.5 Å². The molecule has 1 rings (SSSR count). The van der Waals surface area contributed by atoms with E-state index in [1.807, 2.05) is 0 Å². The first kappa shape index (κ1) is 18.1. The summed E-state index contributed by atoms with van der Waals surface area (Å²) in [6.07, 6.45) is -0.623. The summed E-state index contributed by atoms with van der Waals surface area (Å²) in [5.74, 6) is 0.747. The average molecular weight is 312 g/mol. The summed E-state index contributed by atoms with van der Waals surface area (Å²) in [5, 5.41) is 11.8. The van der Waals surface area contributed by atoms with Crippen LogP contribution in [0.1, 0.15) is 32.4 Å². The highest BCUT2D eigenvalue weighted by Gasteiger charge is 2.21. The zero-order valence-corrected chi connectivity index (χ0v) is 13.6. The molecule has 4 N–H and O–H groups in total. The van der Waals surface area contributed by atoms with E-state index in [-0.39, 0.29) is 6.61 Å². The van der Waals surface area contributed by atoms with Crippen LogP contribution >= 0.6 is 0 Å². The summed E-state index contributed by atoms with van der Waals surface area (Å²) < 4.78 is 15.7. The largest absolute Gasteiger partial charge is 0.493 e. The van der Waals surface area contributed by atoms with E-state index < -0.39 is 17.7 Å². The van der Waals surface area contributed by atoms with Gasteiger partial charge < -0.3 is 25.1 Å². The molecule has 0 saturated carbocycles. The van der Waals surface area contributed by atoms with E-state index in [4.69, 9.17) is 19.9 Å². The highest BCUT2D eigenvalue weighted by molar-refractivity contribution is 5.88. The van der Waals surface area contributed by atoms with Gasteiger partial charge in [0.25, 0.3) is 0 Å². The second kappa shape index (κ2) is 7.33. The highest BCUT2D eigenvalue weighted by Crippen LogP contribution is 2.38. The van der Waals surface area contributed by atoms with Gasteiger partial charge in [0.05, 0.1) is 32.6 Å². The molecule has 1 atom stereocenters. The smallest absolute Gasteiger partial charge is 0.412 e. The lowest BCUT2D eigenvalue weighted by molar-refractivity contribution is 0.0635. The van der Waals surface area contributed by atoms with Gasteiger partial charge in [-0.1, -0.05) is 0 Å². The monoisotopic (exact) mass is 312 g/mol. The number of benzene rings is 1. The highest BCUT2D eigenvalue weighted by atomic mass is 16.6. The first-order chi connectivity index (χ1) is 10.2. The van der Waals surface area contributed by atoms with Gasteiger partial charge in [0.15, 0.2) is 11.5 Å². The van der Waals surface area contributed by atoms with E-state index in [0.717, 1.165) is 0 Å². The minimum absolute atomic E-state index is 0.235. The Kier molecular flexibility index (Phi) is 6.01. The Labute approximate surface area is 130 Å². The molecule has 7 nitrogen and oxygen atoms in total. The van der Waals surface area contributed by atoms with Crippen molar-refractivity contribution in [2.75, 3.05) is 26.1 Å². The quantitative estimate of drug-likeness (QED) is 0.769. The molecule has 124 valence electrons. The number of hydrogen-bond acceptors (Lipinski definition) is 6. The Bertz CT molecular complexity index is 525. The van der Waals surface area contributed by atoms with Gasteiger partial charge in [-0.15, -0.1) is 0 Å². The molecular weight excluding hydrogens is 288 g/mol. The molecule has 0 aliphatic rings. The number of nitrogens with one attached hydrogen (secondary N) is 1. The van der Waals surface area contributed by atoms with Crippen molar-refractivity contribution in [1.82, 2.24) is 0 Å². The van der Waals surface area contributed by atoms with Crippen molar-refractivity contribution in [1.29, 1.82) is 0 Å². The Morgan fingerprint density at radius 1 is 1.32 bits per heavy atom. The van der Waals surface area contributed by atoms with Crippen LogP contribution in [-0.4, -0.2) is 37.6 Å². The second-order valence-corrected chi connectivity index (χ2v) is 5.72. The van der Waals surface area contributed by atoms with Gasteiger partial charge in [0.2, 0.25) is 0 Å². The van der Waals surface area contributed by atoms with Crippen LogP contribution in [0.25, 0.3) is 0 Å². The van der Waals surface area contributed by atoms with Crippen molar-refractivity contribution in [3.63, 3.8) is 0 Å². The maximum absolute atomic E-state index is 11.9. The molecule has 1 aromatic carbocycles. The van der Waals surface area contributed by atoms with Crippen LogP contribution in [0.2, 0.25) is 0 Å². The van der Waals surface area contributed by atoms with Crippen molar-refractivity contribution in [3.05, 3.63) is 17.7 Å². The van der Waals surface area contributed by atoms with E-state index in [0.29, 0.717) is 22.7 Å². The average Bonchev–Trinajstić information content (AvgIpc) is 2.43. The number of ether oxygens (including phenoxy) is 3. The molecule has 1 unspecified atom stereocenters. The van der Waals surface area contributed by atoms with Crippen LogP contribution in [0.4, 0.5) is 10.5 Å². The molecule has 0 bridgehead atoms. The van der Waals surface area contributed by atoms with Crippen molar-refractivity contribution in [2.24, 2.45) is 5.73 Å². The normalized spacial score (nSPS) is 12.5. The standard InChI is InChI=1S/C15H24N2O5/c1-15(2,3)22-14(19)17-11-6-9(10(16)8-18)7-12(20-4)13(11)21-5/h6-7,10,18H,8,16H2,1-5H3,(H,17,19). The summed E-state index contributed by atoms with van der Waals surface area (Å²) in [7, 11) is 2.94. The predicted octanol–water partition coefficient (Wildman–Crippen LogP) is 2.04. The molecular formula is C15H24N2O5. The first-order valence-electron chi connectivity index (χ1n) is 6.84. The third-order valence-electron chi connectivity index (χ3n) is 2.76. The Morgan fingerprint density at radius 3 is 2.41 bits per heavy atom. The molecule has 22 heavy (non-hydrogen) atoms. The molecule has 1 amide bonds. The Hall–Kier alpha value is -1.99. The van der Waals surface area contributed by atoms with Gasteiger partial charge in [-0.3, -0.25) is 5.32 Å². The van der Waals surface area contributed by atoms with Gasteiger partial charge >= 0.3 is 6.09 Å². The maximum atomic E-state index is 11.9. The number of aliphatic hydroxyl groups is 1. The van der Waals surface area contributed by atoms with E-state index in [2.05, 4.69) is 5.32 Å². The lowest BCUT2D eigenvalue weighted by Crippen LogP contribution is -2.27. The molecule has 0 aliphatic heterocycles. The fraction of sp³-hybridized carbons (Fsp3) is 0.533. The topological polar surface area (TPSA) is 103 Å². The molecule has 0 aromatic heterocycles. The number of nitrogens with two attached hydrogens (primary N) is 1. The number of aliphatic hydroxyl groups excluding tert-OH is 1.